The molecule has 1 aliphatic heterocycles. The number of aliphatic hydroxyl groups is 1. The Balaban J connectivity index is 1.95. The van der Waals surface area contributed by atoms with Gasteiger partial charge in [-0.2, -0.15) is 4.31 Å². The van der Waals surface area contributed by atoms with E-state index in [4.69, 9.17) is 5.11 Å². The summed E-state index contributed by atoms with van der Waals surface area (Å²) in [6, 6.07) is 2.86. The fourth-order valence-corrected chi connectivity index (χ4v) is 5.21. The molecule has 1 saturated heterocycles. The Labute approximate surface area is 138 Å². The number of rotatable bonds is 6. The predicted molar refractivity (Wildman–Crippen MR) is 84.3 cm³/mol. The van der Waals surface area contributed by atoms with Gasteiger partial charge in [-0.05, 0) is 24.3 Å². The van der Waals surface area contributed by atoms with E-state index in [1.165, 1.54) is 4.31 Å². The van der Waals surface area contributed by atoms with Gasteiger partial charge in [0, 0.05) is 25.7 Å². The maximum Gasteiger partial charge on any atom is 0.309 e. The number of sulfonamides is 1. The Kier molecular flexibility index (Phi) is 6.10. The Hall–Kier alpha value is -1.49. The molecular formula is C13H19N3O5S2. The normalized spacial score (nSPS) is 18.7. The second kappa shape index (κ2) is 7.86. The lowest BCUT2D eigenvalue weighted by atomic mass is 10.2. The molecule has 0 radical (unpaired) electrons. The number of nitrogens with one attached hydrogen (secondary N) is 2. The number of carbonyl (C=O) groups excluding carboxylic acids is 2. The third-order valence-corrected chi connectivity index (χ3v) is 6.81. The lowest BCUT2D eigenvalue weighted by molar-refractivity contribution is -0.139. The first-order valence-electron chi connectivity index (χ1n) is 7.19. The molecule has 1 atom stereocenters. The zero-order chi connectivity index (χ0) is 16.9. The van der Waals surface area contributed by atoms with E-state index in [0.717, 1.165) is 11.3 Å². The molecule has 0 unspecified atom stereocenters. The van der Waals surface area contributed by atoms with Crippen LogP contribution in [0.4, 0.5) is 0 Å². The molecule has 2 heterocycles. The lowest BCUT2D eigenvalue weighted by Gasteiger charge is -2.23. The molecule has 23 heavy (non-hydrogen) atoms. The number of carbonyl (C=O) groups is 2. The van der Waals surface area contributed by atoms with Crippen LogP contribution in [0.15, 0.2) is 21.7 Å². The van der Waals surface area contributed by atoms with Crippen LogP contribution in [0, 0.1) is 0 Å². The summed E-state index contributed by atoms with van der Waals surface area (Å²) in [5.74, 6) is -1.68. The number of nitrogens with zero attached hydrogens (tertiary/aromatic N) is 1. The molecule has 0 aliphatic carbocycles. The number of aliphatic hydroxyl groups excluding tert-OH is 1. The van der Waals surface area contributed by atoms with Gasteiger partial charge >= 0.3 is 11.8 Å². The van der Waals surface area contributed by atoms with Crippen molar-refractivity contribution in [2.45, 2.75) is 23.1 Å². The van der Waals surface area contributed by atoms with Crippen LogP contribution in [0.3, 0.4) is 0 Å². The summed E-state index contributed by atoms with van der Waals surface area (Å²) in [6.45, 7) is 0.219. The van der Waals surface area contributed by atoms with E-state index < -0.39 is 21.8 Å². The van der Waals surface area contributed by atoms with E-state index in [-0.39, 0.29) is 29.9 Å². The number of hydrogen-bond donors (Lipinski definition) is 3. The molecule has 2 amide bonds. The second-order valence-corrected chi connectivity index (χ2v) is 8.10. The van der Waals surface area contributed by atoms with Crippen LogP contribution in [0.5, 0.6) is 0 Å². The van der Waals surface area contributed by atoms with Crippen molar-refractivity contribution in [1.29, 1.82) is 0 Å². The molecule has 1 aliphatic rings. The molecule has 0 bridgehead atoms. The zero-order valence-corrected chi connectivity index (χ0v) is 14.0. The Morgan fingerprint density at radius 2 is 2.09 bits per heavy atom. The fourth-order valence-electron chi connectivity index (χ4n) is 2.40. The minimum absolute atomic E-state index is 0.00539. The van der Waals surface area contributed by atoms with Crippen molar-refractivity contribution >= 4 is 33.2 Å². The molecule has 3 N–H and O–H groups in total. The van der Waals surface area contributed by atoms with Gasteiger partial charge in [0.2, 0.25) is 0 Å². The average molecular weight is 361 g/mol. The molecule has 1 aromatic rings. The summed E-state index contributed by atoms with van der Waals surface area (Å²) < 4.78 is 26.7. The van der Waals surface area contributed by atoms with Gasteiger partial charge in [-0.3, -0.25) is 9.59 Å². The van der Waals surface area contributed by atoms with Gasteiger partial charge < -0.3 is 15.7 Å². The summed E-state index contributed by atoms with van der Waals surface area (Å²) in [5.41, 5.74) is 0. The highest BCUT2D eigenvalue weighted by Gasteiger charge is 2.36. The topological polar surface area (TPSA) is 116 Å². The molecule has 128 valence electrons. The van der Waals surface area contributed by atoms with Crippen LogP contribution in [0.1, 0.15) is 12.8 Å². The highest BCUT2D eigenvalue weighted by atomic mass is 32.2. The average Bonchev–Trinajstić information content (AvgIpc) is 3.21. The van der Waals surface area contributed by atoms with Crippen molar-refractivity contribution in [3.63, 3.8) is 0 Å². The highest BCUT2D eigenvalue weighted by Crippen LogP contribution is 2.28. The first kappa shape index (κ1) is 17.9. The van der Waals surface area contributed by atoms with Crippen molar-refractivity contribution in [3.05, 3.63) is 17.5 Å². The van der Waals surface area contributed by atoms with Crippen LogP contribution >= 0.6 is 11.3 Å². The van der Waals surface area contributed by atoms with Gasteiger partial charge in [-0.25, -0.2) is 8.42 Å². The minimum atomic E-state index is -3.56. The van der Waals surface area contributed by atoms with Gasteiger partial charge in [-0.15, -0.1) is 11.3 Å². The summed E-state index contributed by atoms with van der Waals surface area (Å²) in [7, 11) is -3.56. The fraction of sp³-hybridized carbons (Fsp3) is 0.538. The van der Waals surface area contributed by atoms with E-state index in [9.17, 15) is 18.0 Å². The summed E-state index contributed by atoms with van der Waals surface area (Å²) in [5, 5.41) is 15.0. The molecule has 0 spiro atoms. The monoisotopic (exact) mass is 361 g/mol. The standard InChI is InChI=1S/C13H19N3O5S2/c17-7-5-14-12(18)13(19)15-9-10-3-1-6-16(10)23(20,21)11-4-2-8-22-11/h2,4,8,10,17H,1,3,5-7,9H2,(H,14,18)(H,15,19)/t10-/m1/s1. The van der Waals surface area contributed by atoms with E-state index >= 15 is 0 Å². The number of amides is 2. The maximum absolute atomic E-state index is 12.5. The summed E-state index contributed by atoms with van der Waals surface area (Å²) >= 11 is 1.15. The Morgan fingerprint density at radius 3 is 2.74 bits per heavy atom. The van der Waals surface area contributed by atoms with E-state index in [0.29, 0.717) is 19.4 Å². The van der Waals surface area contributed by atoms with Gasteiger partial charge in [0.25, 0.3) is 10.0 Å². The van der Waals surface area contributed by atoms with Crippen LogP contribution in [-0.4, -0.2) is 61.9 Å². The first-order chi connectivity index (χ1) is 11.0. The van der Waals surface area contributed by atoms with E-state index in [1.807, 2.05) is 0 Å². The molecular weight excluding hydrogens is 342 g/mol. The molecule has 10 heteroatoms. The van der Waals surface area contributed by atoms with Crippen LogP contribution in [0.2, 0.25) is 0 Å². The summed E-state index contributed by atoms with van der Waals surface area (Å²) in [6.07, 6.45) is 1.34. The minimum Gasteiger partial charge on any atom is -0.395 e. The lowest BCUT2D eigenvalue weighted by Crippen LogP contribution is -2.47. The number of hydrogen-bond acceptors (Lipinski definition) is 6. The zero-order valence-electron chi connectivity index (χ0n) is 12.4. The Bertz CT molecular complexity index is 645. The van der Waals surface area contributed by atoms with Crippen molar-refractivity contribution in [1.82, 2.24) is 14.9 Å². The van der Waals surface area contributed by atoms with Crippen molar-refractivity contribution in [3.8, 4) is 0 Å². The third-order valence-electron chi connectivity index (χ3n) is 3.48. The van der Waals surface area contributed by atoms with Crippen molar-refractivity contribution in [2.75, 3.05) is 26.2 Å². The highest BCUT2D eigenvalue weighted by molar-refractivity contribution is 7.91. The van der Waals surface area contributed by atoms with Crippen LogP contribution in [-0.2, 0) is 19.6 Å². The van der Waals surface area contributed by atoms with E-state index in [1.54, 1.807) is 17.5 Å². The Morgan fingerprint density at radius 1 is 1.35 bits per heavy atom. The molecule has 2 rings (SSSR count). The van der Waals surface area contributed by atoms with Crippen molar-refractivity contribution < 1.29 is 23.1 Å². The number of thiophene rings is 1. The van der Waals surface area contributed by atoms with Gasteiger partial charge in [-0.1, -0.05) is 6.07 Å². The van der Waals surface area contributed by atoms with E-state index in [2.05, 4.69) is 10.6 Å². The van der Waals surface area contributed by atoms with Crippen molar-refractivity contribution in [2.24, 2.45) is 0 Å². The third kappa shape index (κ3) is 4.28. The second-order valence-electron chi connectivity index (χ2n) is 5.03. The SMILES string of the molecule is O=C(NCCO)C(=O)NC[C@H]1CCCN1S(=O)(=O)c1cccs1. The summed E-state index contributed by atoms with van der Waals surface area (Å²) in [4.78, 5) is 23.0. The van der Waals surface area contributed by atoms with Gasteiger partial charge in [0.1, 0.15) is 4.21 Å². The smallest absolute Gasteiger partial charge is 0.309 e. The first-order valence-corrected chi connectivity index (χ1v) is 9.51. The molecule has 1 aromatic heterocycles. The van der Waals surface area contributed by atoms with Crippen LogP contribution in [0.25, 0.3) is 0 Å². The molecule has 0 aromatic carbocycles. The van der Waals surface area contributed by atoms with Crippen LogP contribution < -0.4 is 10.6 Å². The quantitative estimate of drug-likeness (QED) is 0.570. The molecule has 8 nitrogen and oxygen atoms in total. The largest absolute Gasteiger partial charge is 0.395 e. The predicted octanol–water partition coefficient (Wildman–Crippen LogP) is -0.874. The molecule has 1 fully saturated rings. The van der Waals surface area contributed by atoms with Gasteiger partial charge in [0.15, 0.2) is 0 Å². The molecule has 0 saturated carbocycles. The maximum atomic E-state index is 12.5. The van der Waals surface area contributed by atoms with Gasteiger partial charge in [0.05, 0.1) is 6.61 Å².